The first-order chi connectivity index (χ1) is 4.43. The molecule has 0 saturated heterocycles. The zero-order chi connectivity index (χ0) is 6.53. The minimum atomic E-state index is 0.265. The second-order valence-electron chi connectivity index (χ2n) is 1.88. The fourth-order valence-corrected chi connectivity index (χ4v) is 1.56. The summed E-state index contributed by atoms with van der Waals surface area (Å²) in [5.41, 5.74) is 0. The Morgan fingerprint density at radius 2 is 2.44 bits per heavy atom. The first kappa shape index (κ1) is 7.12. The van der Waals surface area contributed by atoms with Crippen molar-refractivity contribution in [2.45, 2.75) is 0 Å². The van der Waals surface area contributed by atoms with E-state index < -0.39 is 0 Å². The van der Waals surface area contributed by atoms with E-state index in [0.717, 1.165) is 18.8 Å². The number of hydrogen-bond donors (Lipinski definition) is 1. The van der Waals surface area contributed by atoms with Gasteiger partial charge in [-0.15, -0.1) is 0 Å². The van der Waals surface area contributed by atoms with Crippen molar-refractivity contribution in [2.24, 2.45) is 0 Å². The molecule has 0 bridgehead atoms. The summed E-state index contributed by atoms with van der Waals surface area (Å²) in [7, 11) is 0. The molecule has 0 aromatic carbocycles. The molecule has 0 radical (unpaired) electrons. The molecule has 0 saturated carbocycles. The van der Waals surface area contributed by atoms with E-state index in [0.29, 0.717) is 0 Å². The highest BCUT2D eigenvalue weighted by molar-refractivity contribution is 7.97. The van der Waals surface area contributed by atoms with Crippen LogP contribution in [-0.4, -0.2) is 34.9 Å². The standard InChI is InChI=1S/C6H11NOS/c8-5-4-7-3-1-2-6-9-7/h1-2,8H,3-6H2. The fourth-order valence-electron chi connectivity index (χ4n) is 0.729. The maximum absolute atomic E-state index is 8.54. The van der Waals surface area contributed by atoms with Gasteiger partial charge in [0.25, 0.3) is 0 Å². The van der Waals surface area contributed by atoms with Crippen LogP contribution in [0.1, 0.15) is 0 Å². The zero-order valence-electron chi connectivity index (χ0n) is 5.29. The van der Waals surface area contributed by atoms with Crippen LogP contribution in [0.25, 0.3) is 0 Å². The number of β-amino-alcohol motifs (C(OH)–C–C–N with tert-alkyl or cyclic N) is 1. The van der Waals surface area contributed by atoms with Crippen molar-refractivity contribution < 1.29 is 5.11 Å². The predicted octanol–water partition coefficient (Wildman–Crippen LogP) is 0.499. The Labute approximate surface area is 59.7 Å². The maximum Gasteiger partial charge on any atom is 0.0568 e. The van der Waals surface area contributed by atoms with Gasteiger partial charge >= 0.3 is 0 Å². The third-order valence-electron chi connectivity index (χ3n) is 1.18. The molecular formula is C6H11NOS. The summed E-state index contributed by atoms with van der Waals surface area (Å²) in [6, 6.07) is 0. The van der Waals surface area contributed by atoms with E-state index in [2.05, 4.69) is 16.5 Å². The molecular weight excluding hydrogens is 134 g/mol. The first-order valence-electron chi connectivity index (χ1n) is 3.07. The van der Waals surface area contributed by atoms with Crippen LogP contribution in [0.15, 0.2) is 12.2 Å². The van der Waals surface area contributed by atoms with E-state index >= 15 is 0 Å². The summed E-state index contributed by atoms with van der Waals surface area (Å²) in [6.45, 7) is 2.03. The molecule has 1 heterocycles. The second-order valence-corrected chi connectivity index (χ2v) is 2.99. The Hall–Kier alpha value is 0.01000. The van der Waals surface area contributed by atoms with Gasteiger partial charge in [-0.3, -0.25) is 0 Å². The van der Waals surface area contributed by atoms with E-state index in [1.165, 1.54) is 0 Å². The lowest BCUT2D eigenvalue weighted by Gasteiger charge is -2.19. The summed E-state index contributed by atoms with van der Waals surface area (Å²) in [5, 5.41) is 8.54. The Bertz CT molecular complexity index is 105. The van der Waals surface area contributed by atoms with Gasteiger partial charge in [0, 0.05) is 18.8 Å². The molecule has 0 atom stereocenters. The molecule has 0 fully saturated rings. The summed E-state index contributed by atoms with van der Waals surface area (Å²) < 4.78 is 2.15. The van der Waals surface area contributed by atoms with Crippen LogP contribution in [0.2, 0.25) is 0 Å². The van der Waals surface area contributed by atoms with Gasteiger partial charge in [-0.25, -0.2) is 4.31 Å². The second kappa shape index (κ2) is 3.93. The fraction of sp³-hybridized carbons (Fsp3) is 0.667. The molecule has 0 unspecified atom stereocenters. The van der Waals surface area contributed by atoms with Crippen LogP contribution in [-0.2, 0) is 0 Å². The van der Waals surface area contributed by atoms with E-state index in [-0.39, 0.29) is 6.61 Å². The molecule has 9 heavy (non-hydrogen) atoms. The number of nitrogens with zero attached hydrogens (tertiary/aromatic N) is 1. The zero-order valence-corrected chi connectivity index (χ0v) is 6.10. The Morgan fingerprint density at radius 1 is 1.56 bits per heavy atom. The lowest BCUT2D eigenvalue weighted by molar-refractivity contribution is 0.267. The monoisotopic (exact) mass is 145 g/mol. The Morgan fingerprint density at radius 3 is 3.00 bits per heavy atom. The first-order valence-corrected chi connectivity index (χ1v) is 4.01. The molecule has 1 N–H and O–H groups in total. The van der Waals surface area contributed by atoms with E-state index in [4.69, 9.17) is 5.11 Å². The lowest BCUT2D eigenvalue weighted by Crippen LogP contribution is -2.22. The van der Waals surface area contributed by atoms with Crippen molar-refractivity contribution in [3.63, 3.8) is 0 Å². The van der Waals surface area contributed by atoms with Gasteiger partial charge in [0.05, 0.1) is 6.61 Å². The van der Waals surface area contributed by atoms with E-state index in [1.807, 2.05) is 0 Å². The smallest absolute Gasteiger partial charge is 0.0568 e. The molecule has 0 aliphatic carbocycles. The molecule has 52 valence electrons. The van der Waals surface area contributed by atoms with Crippen molar-refractivity contribution >= 4 is 11.9 Å². The van der Waals surface area contributed by atoms with Crippen LogP contribution in [0.5, 0.6) is 0 Å². The van der Waals surface area contributed by atoms with E-state index in [1.54, 1.807) is 11.9 Å². The van der Waals surface area contributed by atoms with Gasteiger partial charge in [0.15, 0.2) is 0 Å². The number of aliphatic hydroxyl groups is 1. The minimum absolute atomic E-state index is 0.265. The third kappa shape index (κ3) is 2.39. The average molecular weight is 145 g/mol. The SMILES string of the molecule is OCCN1CC=CCS1. The minimum Gasteiger partial charge on any atom is -0.395 e. The number of rotatable bonds is 2. The number of hydrogen-bond acceptors (Lipinski definition) is 3. The highest BCUT2D eigenvalue weighted by Crippen LogP contribution is 2.12. The van der Waals surface area contributed by atoms with Crippen molar-refractivity contribution in [3.05, 3.63) is 12.2 Å². The van der Waals surface area contributed by atoms with Gasteiger partial charge < -0.3 is 5.11 Å². The molecule has 0 aromatic rings. The van der Waals surface area contributed by atoms with Crippen LogP contribution < -0.4 is 0 Å². The summed E-state index contributed by atoms with van der Waals surface area (Å²) in [4.78, 5) is 0. The van der Waals surface area contributed by atoms with Gasteiger partial charge in [-0.05, 0) is 0 Å². The van der Waals surface area contributed by atoms with Crippen LogP contribution in [0, 0.1) is 0 Å². The predicted molar refractivity (Wildman–Crippen MR) is 40.3 cm³/mol. The van der Waals surface area contributed by atoms with Gasteiger partial charge in [-0.2, -0.15) is 0 Å². The van der Waals surface area contributed by atoms with E-state index in [9.17, 15) is 0 Å². The van der Waals surface area contributed by atoms with Gasteiger partial charge in [0.1, 0.15) is 0 Å². The van der Waals surface area contributed by atoms with Crippen LogP contribution in [0.4, 0.5) is 0 Å². The highest BCUT2D eigenvalue weighted by Gasteiger charge is 2.03. The summed E-state index contributed by atoms with van der Waals surface area (Å²) in [5.74, 6) is 1.06. The molecule has 0 aromatic heterocycles. The quantitative estimate of drug-likeness (QED) is 0.452. The molecule has 1 rings (SSSR count). The average Bonchev–Trinajstić information content (AvgIpc) is 1.91. The summed E-state index contributed by atoms with van der Waals surface area (Å²) in [6.07, 6.45) is 4.28. The van der Waals surface area contributed by atoms with Crippen LogP contribution >= 0.6 is 11.9 Å². The van der Waals surface area contributed by atoms with Crippen molar-refractivity contribution in [3.8, 4) is 0 Å². The molecule has 0 spiro atoms. The molecule has 0 amide bonds. The number of aliphatic hydroxyl groups excluding tert-OH is 1. The van der Waals surface area contributed by atoms with Crippen LogP contribution in [0.3, 0.4) is 0 Å². The molecule has 1 aliphatic rings. The Balaban J connectivity index is 2.18. The topological polar surface area (TPSA) is 23.5 Å². The summed E-state index contributed by atoms with van der Waals surface area (Å²) >= 11 is 1.77. The Kier molecular flexibility index (Phi) is 3.11. The molecule has 1 aliphatic heterocycles. The lowest BCUT2D eigenvalue weighted by atomic mass is 10.5. The molecule has 2 nitrogen and oxygen atoms in total. The maximum atomic E-state index is 8.54. The van der Waals surface area contributed by atoms with Crippen molar-refractivity contribution in [2.75, 3.05) is 25.4 Å². The van der Waals surface area contributed by atoms with Gasteiger partial charge in [0.2, 0.25) is 0 Å². The third-order valence-corrected chi connectivity index (χ3v) is 2.22. The van der Waals surface area contributed by atoms with Gasteiger partial charge in [-0.1, -0.05) is 24.1 Å². The van der Waals surface area contributed by atoms with Crippen molar-refractivity contribution in [1.82, 2.24) is 4.31 Å². The normalized spacial score (nSPS) is 20.6. The van der Waals surface area contributed by atoms with Crippen molar-refractivity contribution in [1.29, 1.82) is 0 Å². The molecule has 3 heteroatoms. The largest absolute Gasteiger partial charge is 0.395 e. The highest BCUT2D eigenvalue weighted by atomic mass is 32.2.